The van der Waals surface area contributed by atoms with Gasteiger partial charge in [-0.05, 0) is 54.8 Å². The van der Waals surface area contributed by atoms with Crippen molar-refractivity contribution in [3.8, 4) is 0 Å². The monoisotopic (exact) mass is 333 g/mol. The second-order valence-corrected chi connectivity index (χ2v) is 6.42. The van der Waals surface area contributed by atoms with E-state index in [1.54, 1.807) is 12.4 Å². The predicted molar refractivity (Wildman–Crippen MR) is 97.5 cm³/mol. The Morgan fingerprint density at radius 1 is 1.20 bits per heavy atom. The number of benzene rings is 1. The molecule has 0 spiro atoms. The van der Waals surface area contributed by atoms with Crippen LogP contribution in [-0.4, -0.2) is 37.3 Å². The van der Waals surface area contributed by atoms with Gasteiger partial charge in [-0.3, -0.25) is 10.4 Å². The molecule has 0 aliphatic carbocycles. The van der Waals surface area contributed by atoms with E-state index in [2.05, 4.69) is 21.9 Å². The number of nitrogens with one attached hydrogen (secondary N) is 2. The Morgan fingerprint density at radius 2 is 1.92 bits per heavy atom. The topological polar surface area (TPSA) is 88.9 Å². The fourth-order valence-corrected chi connectivity index (χ4v) is 3.11. The molecule has 25 heavy (non-hydrogen) atoms. The summed E-state index contributed by atoms with van der Waals surface area (Å²) in [4.78, 5) is 13.7. The number of H-pyrrole nitrogens is 1. The summed E-state index contributed by atoms with van der Waals surface area (Å²) in [6.45, 7) is 4.97. The minimum absolute atomic E-state index is 0.173. The quantitative estimate of drug-likeness (QED) is 0.686. The third-order valence-corrected chi connectivity index (χ3v) is 4.64. The summed E-state index contributed by atoms with van der Waals surface area (Å²) in [5, 5.41) is 18.9. The Bertz CT molecular complexity index is 964. The van der Waals surface area contributed by atoms with E-state index in [1.165, 1.54) is 11.1 Å². The summed E-state index contributed by atoms with van der Waals surface area (Å²) in [5.74, 6) is 0.994. The zero-order chi connectivity index (χ0) is 17.6. The summed E-state index contributed by atoms with van der Waals surface area (Å²) in [6, 6.07) is 7.89. The van der Waals surface area contributed by atoms with Crippen molar-refractivity contribution in [2.45, 2.75) is 20.4 Å². The number of pyridine rings is 1. The SMILES string of the molecule is Cc1cc2nc(C3=C(O)CN(Cc4ccncc4)C3=N)[nH]c2cc1C. The van der Waals surface area contributed by atoms with Crippen LogP contribution in [0, 0.1) is 19.3 Å². The number of fused-ring (bicyclic) bond motifs is 1. The first kappa shape index (κ1) is 15.4. The molecule has 1 aliphatic rings. The Balaban J connectivity index is 1.66. The highest BCUT2D eigenvalue weighted by molar-refractivity contribution is 6.23. The van der Waals surface area contributed by atoms with Crippen molar-refractivity contribution in [1.29, 1.82) is 5.41 Å². The van der Waals surface area contributed by atoms with E-state index in [4.69, 9.17) is 5.41 Å². The molecule has 4 rings (SSSR count). The fourth-order valence-electron chi connectivity index (χ4n) is 3.11. The van der Waals surface area contributed by atoms with Crippen LogP contribution in [0.4, 0.5) is 0 Å². The van der Waals surface area contributed by atoms with Gasteiger partial charge in [0.15, 0.2) is 0 Å². The Hall–Kier alpha value is -3.15. The Kier molecular flexibility index (Phi) is 3.53. The average Bonchev–Trinajstić information content (AvgIpc) is 3.09. The second-order valence-electron chi connectivity index (χ2n) is 6.42. The highest BCUT2D eigenvalue weighted by atomic mass is 16.3. The number of nitrogens with zero attached hydrogens (tertiary/aromatic N) is 3. The van der Waals surface area contributed by atoms with E-state index in [0.717, 1.165) is 16.6 Å². The number of amidine groups is 1. The second kappa shape index (κ2) is 5.73. The number of aromatic nitrogens is 3. The van der Waals surface area contributed by atoms with Gasteiger partial charge in [0.2, 0.25) is 0 Å². The third-order valence-electron chi connectivity index (χ3n) is 4.64. The van der Waals surface area contributed by atoms with Crippen molar-refractivity contribution < 1.29 is 5.11 Å². The van der Waals surface area contributed by atoms with Crippen LogP contribution in [0.3, 0.4) is 0 Å². The van der Waals surface area contributed by atoms with Crippen LogP contribution >= 0.6 is 0 Å². The van der Waals surface area contributed by atoms with Crippen LogP contribution in [0.5, 0.6) is 0 Å². The van der Waals surface area contributed by atoms with Gasteiger partial charge in [0.1, 0.15) is 17.4 Å². The number of imidazole rings is 1. The maximum atomic E-state index is 10.4. The van der Waals surface area contributed by atoms with Crippen molar-refractivity contribution in [3.63, 3.8) is 0 Å². The molecule has 2 aromatic heterocycles. The highest BCUT2D eigenvalue weighted by Crippen LogP contribution is 2.28. The molecule has 3 aromatic rings. The summed E-state index contributed by atoms with van der Waals surface area (Å²) in [7, 11) is 0. The van der Waals surface area contributed by atoms with E-state index >= 15 is 0 Å². The van der Waals surface area contributed by atoms with Crippen LogP contribution in [0.15, 0.2) is 42.4 Å². The third kappa shape index (κ3) is 2.65. The average molecular weight is 333 g/mol. The van der Waals surface area contributed by atoms with Gasteiger partial charge in [-0.1, -0.05) is 0 Å². The van der Waals surface area contributed by atoms with Crippen LogP contribution in [-0.2, 0) is 6.54 Å². The molecular formula is C19H19N5O. The van der Waals surface area contributed by atoms with E-state index in [-0.39, 0.29) is 11.6 Å². The molecule has 126 valence electrons. The molecule has 0 saturated heterocycles. The van der Waals surface area contributed by atoms with Gasteiger partial charge in [0.05, 0.1) is 23.2 Å². The maximum Gasteiger partial charge on any atom is 0.145 e. The van der Waals surface area contributed by atoms with Gasteiger partial charge < -0.3 is 15.0 Å². The molecule has 6 heteroatoms. The van der Waals surface area contributed by atoms with Gasteiger partial charge >= 0.3 is 0 Å². The normalized spacial score (nSPS) is 14.8. The fraction of sp³-hybridized carbons (Fsp3) is 0.211. The van der Waals surface area contributed by atoms with Crippen molar-refractivity contribution >= 4 is 22.4 Å². The predicted octanol–water partition coefficient (Wildman–Crippen LogP) is 3.34. The van der Waals surface area contributed by atoms with Crippen LogP contribution in [0.25, 0.3) is 16.6 Å². The molecule has 0 saturated carbocycles. The van der Waals surface area contributed by atoms with Gasteiger partial charge in [-0.2, -0.15) is 0 Å². The minimum atomic E-state index is 0.173. The smallest absolute Gasteiger partial charge is 0.145 e. The Labute approximate surface area is 145 Å². The van der Waals surface area contributed by atoms with Crippen molar-refractivity contribution in [1.82, 2.24) is 19.9 Å². The first-order chi connectivity index (χ1) is 12.0. The summed E-state index contributed by atoms with van der Waals surface area (Å²) >= 11 is 0. The molecular weight excluding hydrogens is 314 g/mol. The Morgan fingerprint density at radius 3 is 2.68 bits per heavy atom. The minimum Gasteiger partial charge on any atom is -0.510 e. The zero-order valence-electron chi connectivity index (χ0n) is 14.2. The number of aromatic amines is 1. The molecule has 0 radical (unpaired) electrons. The van der Waals surface area contributed by atoms with Gasteiger partial charge in [0.25, 0.3) is 0 Å². The number of rotatable bonds is 3. The molecule has 3 heterocycles. The molecule has 1 aromatic carbocycles. The lowest BCUT2D eigenvalue weighted by atomic mass is 10.1. The van der Waals surface area contributed by atoms with E-state index < -0.39 is 0 Å². The lowest BCUT2D eigenvalue weighted by Gasteiger charge is -2.18. The number of aliphatic hydroxyl groups is 1. The van der Waals surface area contributed by atoms with Crippen molar-refractivity contribution in [2.24, 2.45) is 0 Å². The van der Waals surface area contributed by atoms with Gasteiger partial charge in [-0.25, -0.2) is 4.98 Å². The first-order valence-corrected chi connectivity index (χ1v) is 8.15. The van der Waals surface area contributed by atoms with Crippen molar-refractivity contribution in [2.75, 3.05) is 6.54 Å². The molecule has 1 aliphatic heterocycles. The largest absolute Gasteiger partial charge is 0.510 e. The van der Waals surface area contributed by atoms with E-state index in [1.807, 2.05) is 36.1 Å². The number of hydrogen-bond donors (Lipinski definition) is 3. The number of hydrogen-bond acceptors (Lipinski definition) is 4. The summed E-state index contributed by atoms with van der Waals surface area (Å²) in [5.41, 5.74) is 5.63. The first-order valence-electron chi connectivity index (χ1n) is 8.15. The molecule has 0 unspecified atom stereocenters. The highest BCUT2D eigenvalue weighted by Gasteiger charge is 2.30. The van der Waals surface area contributed by atoms with Crippen LogP contribution in [0.2, 0.25) is 0 Å². The number of aliphatic hydroxyl groups excluding tert-OH is 1. The lowest BCUT2D eigenvalue weighted by molar-refractivity contribution is 0.347. The van der Waals surface area contributed by atoms with E-state index in [0.29, 0.717) is 24.5 Å². The molecule has 0 fully saturated rings. The van der Waals surface area contributed by atoms with E-state index in [9.17, 15) is 5.11 Å². The van der Waals surface area contributed by atoms with Gasteiger partial charge in [-0.15, -0.1) is 0 Å². The van der Waals surface area contributed by atoms with Crippen LogP contribution < -0.4 is 0 Å². The standard InChI is InChI=1S/C19H19N5O/c1-11-7-14-15(8-12(11)2)23-19(22-14)17-16(25)10-24(18(17)20)9-13-3-5-21-6-4-13/h3-8,20,25H,9-10H2,1-2H3,(H,22,23). The zero-order valence-corrected chi connectivity index (χ0v) is 14.2. The maximum absolute atomic E-state index is 10.4. The molecule has 3 N–H and O–H groups in total. The summed E-state index contributed by atoms with van der Waals surface area (Å²) < 4.78 is 0. The number of aryl methyl sites for hydroxylation is 2. The molecule has 6 nitrogen and oxygen atoms in total. The molecule has 0 atom stereocenters. The molecule has 0 bridgehead atoms. The lowest BCUT2D eigenvalue weighted by Crippen LogP contribution is -2.26. The molecule has 0 amide bonds. The van der Waals surface area contributed by atoms with Gasteiger partial charge in [0, 0.05) is 18.9 Å². The van der Waals surface area contributed by atoms with Crippen molar-refractivity contribution in [3.05, 3.63) is 64.9 Å². The van der Waals surface area contributed by atoms with Crippen LogP contribution in [0.1, 0.15) is 22.5 Å². The summed E-state index contributed by atoms with van der Waals surface area (Å²) in [6.07, 6.45) is 3.46.